The van der Waals surface area contributed by atoms with Crippen molar-refractivity contribution in [3.8, 4) is 23.0 Å². The third kappa shape index (κ3) is 4.05. The molecule has 2 aromatic carbocycles. The van der Waals surface area contributed by atoms with E-state index in [0.29, 0.717) is 23.0 Å². The number of hydrogen-bond acceptors (Lipinski definition) is 4. The molecule has 0 aliphatic rings. The van der Waals surface area contributed by atoms with E-state index in [1.165, 1.54) is 0 Å². The number of hydrogen-bond donors (Lipinski definition) is 0. The van der Waals surface area contributed by atoms with Gasteiger partial charge >= 0.3 is 0 Å². The van der Waals surface area contributed by atoms with Gasteiger partial charge in [-0.15, -0.1) is 0 Å². The van der Waals surface area contributed by atoms with Crippen LogP contribution in [0.5, 0.6) is 23.0 Å². The van der Waals surface area contributed by atoms with Gasteiger partial charge in [0.1, 0.15) is 0 Å². The summed E-state index contributed by atoms with van der Waals surface area (Å²) in [5.74, 6) is 2.67. The molecule has 0 heterocycles. The van der Waals surface area contributed by atoms with Crippen molar-refractivity contribution in [3.63, 3.8) is 0 Å². The molecule has 2 aromatic rings. The molecule has 0 bridgehead atoms. The highest BCUT2D eigenvalue weighted by Crippen LogP contribution is 2.38. The van der Waals surface area contributed by atoms with Gasteiger partial charge in [-0.2, -0.15) is 0 Å². The first kappa shape index (κ1) is 18.7. The Kier molecular flexibility index (Phi) is 6.57. The Morgan fingerprint density at radius 1 is 0.625 bits per heavy atom. The molecular weight excluding hydrogens is 440 g/mol. The van der Waals surface area contributed by atoms with Crippen LogP contribution in [0.1, 0.15) is 11.1 Å². The molecule has 0 aromatic heterocycles. The van der Waals surface area contributed by atoms with Gasteiger partial charge in [-0.1, -0.05) is 12.2 Å². The summed E-state index contributed by atoms with van der Waals surface area (Å²) in [5, 5.41) is 0. The Balaban J connectivity index is 2.38. The Bertz CT molecular complexity index is 694. The fraction of sp³-hybridized carbons (Fsp3) is 0.222. The van der Waals surface area contributed by atoms with Crippen LogP contribution in [0.2, 0.25) is 0 Å². The minimum atomic E-state index is 0.667. The predicted octanol–water partition coefficient (Wildman–Crippen LogP) is 5.42. The Labute approximate surface area is 158 Å². The summed E-state index contributed by atoms with van der Waals surface area (Å²) < 4.78 is 23.0. The lowest BCUT2D eigenvalue weighted by molar-refractivity contribution is 0.353. The third-order valence-electron chi connectivity index (χ3n) is 3.38. The van der Waals surface area contributed by atoms with E-state index in [4.69, 9.17) is 18.9 Å². The quantitative estimate of drug-likeness (QED) is 0.543. The topological polar surface area (TPSA) is 36.9 Å². The maximum Gasteiger partial charge on any atom is 0.174 e. The molecule has 4 nitrogen and oxygen atoms in total. The van der Waals surface area contributed by atoms with Crippen molar-refractivity contribution in [2.24, 2.45) is 0 Å². The number of rotatable bonds is 6. The van der Waals surface area contributed by atoms with Gasteiger partial charge in [0, 0.05) is 0 Å². The van der Waals surface area contributed by atoms with Crippen molar-refractivity contribution in [1.29, 1.82) is 0 Å². The molecule has 128 valence electrons. The van der Waals surface area contributed by atoms with Crippen molar-refractivity contribution in [2.45, 2.75) is 0 Å². The second kappa shape index (κ2) is 8.44. The Hall–Kier alpha value is -1.66. The van der Waals surface area contributed by atoms with E-state index in [-0.39, 0.29) is 0 Å². The lowest BCUT2D eigenvalue weighted by atomic mass is 10.1. The van der Waals surface area contributed by atoms with Crippen LogP contribution in [0.4, 0.5) is 0 Å². The zero-order chi connectivity index (χ0) is 17.7. The van der Waals surface area contributed by atoms with Crippen molar-refractivity contribution in [2.75, 3.05) is 28.4 Å². The average molecular weight is 458 g/mol. The van der Waals surface area contributed by atoms with Gasteiger partial charge in [-0.25, -0.2) is 0 Å². The molecule has 6 heteroatoms. The van der Waals surface area contributed by atoms with Crippen LogP contribution in [0.15, 0.2) is 33.2 Å². The van der Waals surface area contributed by atoms with Gasteiger partial charge in [0.2, 0.25) is 0 Å². The summed E-state index contributed by atoms with van der Waals surface area (Å²) in [4.78, 5) is 0. The lowest BCUT2D eigenvalue weighted by Crippen LogP contribution is -1.93. The standard InChI is InChI=1S/C18H18Br2O4/c1-21-15-9-11(7-13(19)17(15)23-3)5-6-12-8-14(20)18(24-4)16(10-12)22-2/h5-10H,1-4H3/b6-5+. The SMILES string of the molecule is COc1cc(/C=C/c2cc(Br)c(OC)c(OC)c2)cc(Br)c1OC. The first-order chi connectivity index (χ1) is 11.5. The van der Waals surface area contributed by atoms with E-state index >= 15 is 0 Å². The summed E-state index contributed by atoms with van der Waals surface area (Å²) in [5.41, 5.74) is 1.95. The Morgan fingerprint density at radius 2 is 1.00 bits per heavy atom. The molecular formula is C18H18Br2O4. The van der Waals surface area contributed by atoms with Crippen LogP contribution >= 0.6 is 31.9 Å². The fourth-order valence-electron chi connectivity index (χ4n) is 2.26. The lowest BCUT2D eigenvalue weighted by Gasteiger charge is -2.11. The highest BCUT2D eigenvalue weighted by molar-refractivity contribution is 9.10. The largest absolute Gasteiger partial charge is 0.493 e. The van der Waals surface area contributed by atoms with E-state index < -0.39 is 0 Å². The molecule has 0 spiro atoms. The van der Waals surface area contributed by atoms with Crippen LogP contribution in [-0.4, -0.2) is 28.4 Å². The smallest absolute Gasteiger partial charge is 0.174 e. The summed E-state index contributed by atoms with van der Waals surface area (Å²) in [6.45, 7) is 0. The van der Waals surface area contributed by atoms with Crippen LogP contribution in [-0.2, 0) is 0 Å². The minimum absolute atomic E-state index is 0.667. The predicted molar refractivity (Wildman–Crippen MR) is 103 cm³/mol. The first-order valence-corrected chi connectivity index (χ1v) is 8.63. The molecule has 0 unspecified atom stereocenters. The van der Waals surface area contributed by atoms with Crippen molar-refractivity contribution >= 4 is 44.0 Å². The van der Waals surface area contributed by atoms with E-state index in [1.54, 1.807) is 28.4 Å². The van der Waals surface area contributed by atoms with Crippen LogP contribution in [0, 0.1) is 0 Å². The average Bonchev–Trinajstić information content (AvgIpc) is 2.58. The van der Waals surface area contributed by atoms with E-state index in [2.05, 4.69) is 31.9 Å². The highest BCUT2D eigenvalue weighted by Gasteiger charge is 2.11. The normalized spacial score (nSPS) is 10.8. The summed E-state index contributed by atoms with van der Waals surface area (Å²) >= 11 is 6.99. The second-order valence-corrected chi connectivity index (χ2v) is 6.52. The number of benzene rings is 2. The zero-order valence-corrected chi connectivity index (χ0v) is 17.0. The highest BCUT2D eigenvalue weighted by atomic mass is 79.9. The molecule has 0 aliphatic carbocycles. The monoisotopic (exact) mass is 456 g/mol. The first-order valence-electron chi connectivity index (χ1n) is 7.05. The van der Waals surface area contributed by atoms with Gasteiger partial charge in [0.25, 0.3) is 0 Å². The van der Waals surface area contributed by atoms with Gasteiger partial charge in [-0.3, -0.25) is 0 Å². The maximum absolute atomic E-state index is 5.36. The molecule has 0 saturated carbocycles. The summed E-state index contributed by atoms with van der Waals surface area (Å²) in [7, 11) is 6.45. The molecule has 2 rings (SSSR count). The number of methoxy groups -OCH3 is 4. The van der Waals surface area contributed by atoms with E-state index in [1.807, 2.05) is 36.4 Å². The van der Waals surface area contributed by atoms with Gasteiger partial charge < -0.3 is 18.9 Å². The molecule has 24 heavy (non-hydrogen) atoms. The number of halogens is 2. The van der Waals surface area contributed by atoms with Gasteiger partial charge in [0.05, 0.1) is 37.4 Å². The fourth-order valence-corrected chi connectivity index (χ4v) is 3.50. The summed E-state index contributed by atoms with van der Waals surface area (Å²) in [6, 6.07) is 7.76. The van der Waals surface area contributed by atoms with Crippen molar-refractivity contribution in [3.05, 3.63) is 44.3 Å². The molecule has 0 radical (unpaired) electrons. The molecule has 0 N–H and O–H groups in total. The van der Waals surface area contributed by atoms with Crippen LogP contribution < -0.4 is 18.9 Å². The number of ether oxygens (including phenoxy) is 4. The molecule has 0 fully saturated rings. The minimum Gasteiger partial charge on any atom is -0.493 e. The Morgan fingerprint density at radius 3 is 1.29 bits per heavy atom. The van der Waals surface area contributed by atoms with Crippen molar-refractivity contribution in [1.82, 2.24) is 0 Å². The molecule has 0 saturated heterocycles. The van der Waals surface area contributed by atoms with E-state index in [0.717, 1.165) is 20.1 Å². The molecule has 0 aliphatic heterocycles. The molecule has 0 atom stereocenters. The van der Waals surface area contributed by atoms with Gasteiger partial charge in [-0.05, 0) is 67.3 Å². The third-order valence-corrected chi connectivity index (χ3v) is 4.56. The maximum atomic E-state index is 5.36. The van der Waals surface area contributed by atoms with Gasteiger partial charge in [0.15, 0.2) is 23.0 Å². The van der Waals surface area contributed by atoms with Crippen molar-refractivity contribution < 1.29 is 18.9 Å². The van der Waals surface area contributed by atoms with Crippen LogP contribution in [0.3, 0.4) is 0 Å². The molecule has 0 amide bonds. The second-order valence-electron chi connectivity index (χ2n) is 4.81. The zero-order valence-electron chi connectivity index (χ0n) is 13.9. The van der Waals surface area contributed by atoms with Crippen LogP contribution in [0.25, 0.3) is 12.2 Å². The summed E-state index contributed by atoms with van der Waals surface area (Å²) in [6.07, 6.45) is 3.97. The van der Waals surface area contributed by atoms with E-state index in [9.17, 15) is 0 Å².